The van der Waals surface area contributed by atoms with Crippen molar-refractivity contribution in [2.24, 2.45) is 5.92 Å². The zero-order valence-corrected chi connectivity index (χ0v) is 12.6. The average molecular weight is 336 g/mol. The van der Waals surface area contributed by atoms with Crippen molar-refractivity contribution >= 4 is 23.4 Å². The number of fused-ring (bicyclic) bond motifs is 3. The molecule has 4 nitrogen and oxygen atoms in total. The monoisotopic (exact) mass is 335 g/mol. The van der Waals surface area contributed by atoms with Gasteiger partial charge in [-0.25, -0.2) is 18.6 Å². The van der Waals surface area contributed by atoms with Crippen LogP contribution in [0.25, 0.3) is 0 Å². The van der Waals surface area contributed by atoms with Gasteiger partial charge in [-0.3, -0.25) is 5.32 Å². The molecule has 3 atom stereocenters. The summed E-state index contributed by atoms with van der Waals surface area (Å²) in [7, 11) is 0. The Morgan fingerprint density at radius 2 is 2.00 bits per heavy atom. The van der Waals surface area contributed by atoms with Crippen molar-refractivity contribution in [1.29, 1.82) is 0 Å². The maximum atomic E-state index is 13.9. The van der Waals surface area contributed by atoms with Crippen LogP contribution in [-0.2, 0) is 6.42 Å². The minimum absolute atomic E-state index is 0.0559. The van der Waals surface area contributed by atoms with E-state index in [1.807, 2.05) is 0 Å². The number of urea groups is 1. The van der Waals surface area contributed by atoms with E-state index in [9.17, 15) is 13.6 Å². The molecule has 0 bridgehead atoms. The Morgan fingerprint density at radius 1 is 1.22 bits per heavy atom. The summed E-state index contributed by atoms with van der Waals surface area (Å²) in [5.74, 6) is -0.500. The Kier molecular flexibility index (Phi) is 3.23. The summed E-state index contributed by atoms with van der Waals surface area (Å²) < 4.78 is 27.6. The summed E-state index contributed by atoms with van der Waals surface area (Å²) in [4.78, 5) is 15.9. The Morgan fingerprint density at radius 3 is 2.74 bits per heavy atom. The van der Waals surface area contributed by atoms with Crippen molar-refractivity contribution in [2.75, 3.05) is 5.32 Å². The van der Waals surface area contributed by atoms with E-state index in [1.165, 1.54) is 6.20 Å². The highest BCUT2D eigenvalue weighted by atomic mass is 35.5. The normalized spacial score (nSPS) is 23.9. The van der Waals surface area contributed by atoms with Gasteiger partial charge in [0.2, 0.25) is 0 Å². The van der Waals surface area contributed by atoms with Crippen LogP contribution in [0.2, 0.25) is 5.02 Å². The average Bonchev–Trinajstić information content (AvgIpc) is 3.00. The molecule has 2 amide bonds. The summed E-state index contributed by atoms with van der Waals surface area (Å²) in [6.07, 6.45) is 1.88. The van der Waals surface area contributed by atoms with Crippen molar-refractivity contribution in [1.82, 2.24) is 10.3 Å². The van der Waals surface area contributed by atoms with E-state index in [0.717, 1.165) is 12.1 Å². The molecule has 4 rings (SSSR count). The minimum atomic E-state index is -0.419. The fraction of sp³-hybridized carbons (Fsp3) is 0.250. The van der Waals surface area contributed by atoms with E-state index in [0.29, 0.717) is 28.4 Å². The maximum Gasteiger partial charge on any atom is 0.320 e. The molecule has 1 saturated carbocycles. The number of pyridine rings is 1. The lowest BCUT2D eigenvalue weighted by molar-refractivity contribution is 0.251. The van der Waals surface area contributed by atoms with Gasteiger partial charge in [-0.15, -0.1) is 0 Å². The van der Waals surface area contributed by atoms with Gasteiger partial charge >= 0.3 is 6.03 Å². The first kappa shape index (κ1) is 14.4. The molecule has 0 spiro atoms. The van der Waals surface area contributed by atoms with Gasteiger partial charge in [0.25, 0.3) is 0 Å². The molecule has 0 saturated heterocycles. The summed E-state index contributed by atoms with van der Waals surface area (Å²) >= 11 is 5.73. The molecule has 0 radical (unpaired) electrons. The van der Waals surface area contributed by atoms with Crippen LogP contribution < -0.4 is 10.6 Å². The van der Waals surface area contributed by atoms with Crippen LogP contribution in [0.4, 0.5) is 19.4 Å². The number of carbonyl (C=O) groups is 1. The zero-order chi connectivity index (χ0) is 16.1. The molecule has 7 heteroatoms. The van der Waals surface area contributed by atoms with Gasteiger partial charge in [0.1, 0.15) is 17.5 Å². The van der Waals surface area contributed by atoms with Crippen molar-refractivity contribution in [3.8, 4) is 0 Å². The molecule has 2 aliphatic carbocycles. The Hall–Kier alpha value is -2.21. The first-order chi connectivity index (χ1) is 11.0. The number of rotatable bonds is 2. The summed E-state index contributed by atoms with van der Waals surface area (Å²) in [5.41, 5.74) is 0.850. The van der Waals surface area contributed by atoms with Crippen molar-refractivity contribution in [3.63, 3.8) is 0 Å². The minimum Gasteiger partial charge on any atom is -0.334 e. The van der Waals surface area contributed by atoms with Gasteiger partial charge in [0.05, 0.1) is 5.02 Å². The van der Waals surface area contributed by atoms with E-state index in [-0.39, 0.29) is 23.7 Å². The Labute approximate surface area is 135 Å². The topological polar surface area (TPSA) is 54.0 Å². The second-order valence-electron chi connectivity index (χ2n) is 5.80. The summed E-state index contributed by atoms with van der Waals surface area (Å²) in [6, 6.07) is 4.90. The van der Waals surface area contributed by atoms with Crippen LogP contribution in [0, 0.1) is 17.6 Å². The largest absolute Gasteiger partial charge is 0.334 e. The molecular formula is C16H12ClF2N3O. The van der Waals surface area contributed by atoms with Gasteiger partial charge < -0.3 is 5.32 Å². The van der Waals surface area contributed by atoms with Gasteiger partial charge in [-0.05, 0) is 47.7 Å². The highest BCUT2D eigenvalue weighted by Gasteiger charge is 2.58. The quantitative estimate of drug-likeness (QED) is 0.883. The molecule has 1 aromatic heterocycles. The molecule has 118 valence electrons. The Balaban J connectivity index is 1.43. The molecule has 1 aromatic carbocycles. The van der Waals surface area contributed by atoms with Crippen LogP contribution in [0.3, 0.4) is 0 Å². The summed E-state index contributed by atoms with van der Waals surface area (Å²) in [5, 5.41) is 5.86. The lowest BCUT2D eigenvalue weighted by atomic mass is 10.0. The number of nitrogens with zero attached hydrogens (tertiary/aromatic N) is 1. The van der Waals surface area contributed by atoms with E-state index < -0.39 is 11.8 Å². The van der Waals surface area contributed by atoms with E-state index in [1.54, 1.807) is 12.1 Å². The number of aromatic nitrogens is 1. The van der Waals surface area contributed by atoms with Gasteiger partial charge in [-0.2, -0.15) is 0 Å². The Bertz CT molecular complexity index is 797. The number of hydrogen-bond acceptors (Lipinski definition) is 2. The number of anilines is 1. The van der Waals surface area contributed by atoms with Crippen molar-refractivity contribution in [2.45, 2.75) is 18.4 Å². The summed E-state index contributed by atoms with van der Waals surface area (Å²) in [6.45, 7) is 0. The van der Waals surface area contributed by atoms with E-state index in [2.05, 4.69) is 15.6 Å². The number of hydrogen-bond donors (Lipinski definition) is 2. The van der Waals surface area contributed by atoms with Gasteiger partial charge in [-0.1, -0.05) is 11.6 Å². The molecule has 23 heavy (non-hydrogen) atoms. The van der Waals surface area contributed by atoms with Crippen LogP contribution in [0.15, 0.2) is 30.5 Å². The standard InChI is InChI=1S/C16H12ClF2N3O/c17-7-1-4-12(20-6-7)21-16(23)22-15-9-5-8-10(18)2-3-11(19)13(8)14(9)15/h1-4,6,9,14-15H,5H2,(H2,20,21,22,23)/t9?,14?,15-/m1/s1. The highest BCUT2D eigenvalue weighted by Crippen LogP contribution is 2.57. The van der Waals surface area contributed by atoms with Crippen molar-refractivity contribution < 1.29 is 13.6 Å². The van der Waals surface area contributed by atoms with Gasteiger partial charge in [0, 0.05) is 18.2 Å². The molecule has 1 fully saturated rings. The van der Waals surface area contributed by atoms with Crippen LogP contribution in [0.1, 0.15) is 17.0 Å². The number of amides is 2. The third-order valence-electron chi connectivity index (χ3n) is 4.46. The first-order valence-electron chi connectivity index (χ1n) is 7.20. The molecule has 2 N–H and O–H groups in total. The van der Waals surface area contributed by atoms with Gasteiger partial charge in [0.15, 0.2) is 0 Å². The second kappa shape index (κ2) is 5.16. The predicted molar refractivity (Wildman–Crippen MR) is 81.5 cm³/mol. The van der Waals surface area contributed by atoms with Crippen LogP contribution in [0.5, 0.6) is 0 Å². The number of carbonyl (C=O) groups excluding carboxylic acids is 1. The third kappa shape index (κ3) is 2.43. The second-order valence-corrected chi connectivity index (χ2v) is 6.24. The molecule has 2 aromatic rings. The molecule has 0 aliphatic heterocycles. The number of benzene rings is 1. The molecule has 2 unspecified atom stereocenters. The van der Waals surface area contributed by atoms with Crippen molar-refractivity contribution in [3.05, 3.63) is 58.2 Å². The number of nitrogens with one attached hydrogen (secondary N) is 2. The number of halogens is 3. The maximum absolute atomic E-state index is 13.9. The first-order valence-corrected chi connectivity index (χ1v) is 7.58. The van der Waals surface area contributed by atoms with Crippen LogP contribution in [-0.4, -0.2) is 17.1 Å². The smallest absolute Gasteiger partial charge is 0.320 e. The van der Waals surface area contributed by atoms with E-state index in [4.69, 9.17) is 11.6 Å². The molecule has 2 aliphatic rings. The highest BCUT2D eigenvalue weighted by molar-refractivity contribution is 6.30. The lowest BCUT2D eigenvalue weighted by Gasteiger charge is -2.11. The lowest BCUT2D eigenvalue weighted by Crippen LogP contribution is -2.33. The fourth-order valence-corrected chi connectivity index (χ4v) is 3.50. The SMILES string of the molecule is O=C(Nc1ccc(Cl)cn1)N[C@@H]1C2Cc3c(F)ccc(F)c3C21. The van der Waals surface area contributed by atoms with Crippen LogP contribution >= 0.6 is 11.6 Å². The third-order valence-corrected chi connectivity index (χ3v) is 4.68. The zero-order valence-electron chi connectivity index (χ0n) is 11.8. The predicted octanol–water partition coefficient (Wildman–Crippen LogP) is 3.47. The molecular weight excluding hydrogens is 324 g/mol. The fourth-order valence-electron chi connectivity index (χ4n) is 3.38. The van der Waals surface area contributed by atoms with E-state index >= 15 is 0 Å². The molecule has 1 heterocycles.